The molecule has 4 nitrogen and oxygen atoms in total. The first-order valence-corrected chi connectivity index (χ1v) is 9.26. The predicted molar refractivity (Wildman–Crippen MR) is 85.5 cm³/mol. The first-order valence-electron chi connectivity index (χ1n) is 9.26. The smallest absolute Gasteiger partial charge is 0.354 e. The molecule has 0 aromatic rings. The molecule has 0 bridgehead atoms. The summed E-state index contributed by atoms with van der Waals surface area (Å²) >= 11 is 0. The van der Waals surface area contributed by atoms with E-state index in [0.29, 0.717) is 38.0 Å². The van der Waals surface area contributed by atoms with Crippen LogP contribution in [0.25, 0.3) is 0 Å². The third-order valence-corrected chi connectivity index (χ3v) is 5.87. The van der Waals surface area contributed by atoms with Crippen molar-refractivity contribution in [2.75, 3.05) is 32.7 Å². The van der Waals surface area contributed by atoms with Gasteiger partial charge in [-0.05, 0) is 18.3 Å². The molecule has 0 spiro atoms. The highest BCUT2D eigenvalue weighted by Crippen LogP contribution is 2.49. The van der Waals surface area contributed by atoms with Crippen molar-refractivity contribution < 1.29 is 18.0 Å². The molecule has 1 amide bonds. The molecule has 1 aliphatic heterocycles. The molecule has 3 unspecified atom stereocenters. The molecule has 24 heavy (non-hydrogen) atoms. The summed E-state index contributed by atoms with van der Waals surface area (Å²) in [6, 6.07) is -1.57. The third-order valence-electron chi connectivity index (χ3n) is 5.87. The van der Waals surface area contributed by atoms with E-state index in [1.54, 1.807) is 0 Å². The van der Waals surface area contributed by atoms with Gasteiger partial charge in [-0.15, -0.1) is 0 Å². The second-order valence-electron chi connectivity index (χ2n) is 7.49. The summed E-state index contributed by atoms with van der Waals surface area (Å²) in [5.74, 6) is 0.801. The highest BCUT2D eigenvalue weighted by molar-refractivity contribution is 5.81. The number of alkyl halides is 3. The lowest BCUT2D eigenvalue weighted by Crippen LogP contribution is -2.57. The first-order chi connectivity index (χ1) is 11.5. The van der Waals surface area contributed by atoms with Gasteiger partial charge in [0.05, 0.1) is 0 Å². The maximum Gasteiger partial charge on any atom is 0.405 e. The Bertz CT molecular complexity index is 431. The van der Waals surface area contributed by atoms with E-state index < -0.39 is 12.2 Å². The quantitative estimate of drug-likeness (QED) is 0.801. The molecule has 2 aliphatic carbocycles. The standard InChI is InChI=1S/C17H28F3N3O/c18-17(19,20)15(23-8-6-21-7-9-23)11-22-16(24)14-10-13(14)12-4-2-1-3-5-12/h12-15,21H,1-11H2,(H,22,24). The van der Waals surface area contributed by atoms with Gasteiger partial charge < -0.3 is 10.6 Å². The highest BCUT2D eigenvalue weighted by Gasteiger charge is 2.49. The van der Waals surface area contributed by atoms with Crippen LogP contribution >= 0.6 is 0 Å². The number of amides is 1. The Morgan fingerprint density at radius 3 is 2.46 bits per heavy atom. The Labute approximate surface area is 141 Å². The molecule has 3 fully saturated rings. The summed E-state index contributed by atoms with van der Waals surface area (Å²) < 4.78 is 40.0. The van der Waals surface area contributed by atoms with Crippen molar-refractivity contribution in [1.82, 2.24) is 15.5 Å². The monoisotopic (exact) mass is 347 g/mol. The lowest BCUT2D eigenvalue weighted by atomic mass is 9.85. The number of nitrogens with one attached hydrogen (secondary N) is 2. The number of carbonyl (C=O) groups excluding carboxylic acids is 1. The van der Waals surface area contributed by atoms with Crippen LogP contribution in [0.3, 0.4) is 0 Å². The highest BCUT2D eigenvalue weighted by atomic mass is 19.4. The normalized spacial score (nSPS) is 30.8. The maximum atomic E-state index is 13.3. The van der Waals surface area contributed by atoms with Crippen molar-refractivity contribution in [3.8, 4) is 0 Å². The molecule has 2 saturated carbocycles. The molecule has 7 heteroatoms. The Hall–Kier alpha value is -0.820. The lowest BCUT2D eigenvalue weighted by molar-refractivity contribution is -0.184. The molecule has 3 atom stereocenters. The number of rotatable bonds is 5. The van der Waals surface area contributed by atoms with E-state index >= 15 is 0 Å². The second kappa shape index (κ2) is 7.60. The largest absolute Gasteiger partial charge is 0.405 e. The van der Waals surface area contributed by atoms with Crippen LogP contribution < -0.4 is 10.6 Å². The van der Waals surface area contributed by atoms with Gasteiger partial charge in [0.15, 0.2) is 0 Å². The predicted octanol–water partition coefficient (Wildman–Crippen LogP) is 2.16. The zero-order chi connectivity index (χ0) is 17.2. The van der Waals surface area contributed by atoms with Crippen LogP contribution in [0.15, 0.2) is 0 Å². The number of halogens is 3. The Morgan fingerprint density at radius 1 is 1.17 bits per heavy atom. The van der Waals surface area contributed by atoms with Crippen LogP contribution in [0.5, 0.6) is 0 Å². The maximum absolute atomic E-state index is 13.3. The van der Waals surface area contributed by atoms with E-state index in [-0.39, 0.29) is 18.4 Å². The van der Waals surface area contributed by atoms with Gasteiger partial charge in [0.25, 0.3) is 0 Å². The average Bonchev–Trinajstić information content (AvgIpc) is 3.36. The molecule has 0 aromatic carbocycles. The zero-order valence-electron chi connectivity index (χ0n) is 14.1. The van der Waals surface area contributed by atoms with Gasteiger partial charge in [0, 0.05) is 38.6 Å². The van der Waals surface area contributed by atoms with Crippen molar-refractivity contribution in [3.05, 3.63) is 0 Å². The fourth-order valence-corrected chi connectivity index (χ4v) is 4.37. The zero-order valence-corrected chi connectivity index (χ0v) is 14.1. The van der Waals surface area contributed by atoms with E-state index in [1.165, 1.54) is 37.0 Å². The van der Waals surface area contributed by atoms with E-state index in [2.05, 4.69) is 10.6 Å². The molecule has 0 radical (unpaired) electrons. The van der Waals surface area contributed by atoms with E-state index in [0.717, 1.165) is 6.42 Å². The minimum atomic E-state index is -4.31. The van der Waals surface area contributed by atoms with Crippen molar-refractivity contribution in [3.63, 3.8) is 0 Å². The number of carbonyl (C=O) groups is 1. The SMILES string of the molecule is O=C(NCC(N1CCNCC1)C(F)(F)F)C1CC1C1CCCCC1. The Morgan fingerprint density at radius 2 is 1.83 bits per heavy atom. The van der Waals surface area contributed by atoms with E-state index in [9.17, 15) is 18.0 Å². The summed E-state index contributed by atoms with van der Waals surface area (Å²) in [4.78, 5) is 13.7. The number of nitrogens with zero attached hydrogens (tertiary/aromatic N) is 1. The van der Waals surface area contributed by atoms with Gasteiger partial charge in [-0.25, -0.2) is 0 Å². The molecule has 3 aliphatic rings. The Balaban J connectivity index is 1.48. The molecule has 1 heterocycles. The summed E-state index contributed by atoms with van der Waals surface area (Å²) in [7, 11) is 0. The third kappa shape index (κ3) is 4.42. The van der Waals surface area contributed by atoms with Gasteiger partial charge in [-0.1, -0.05) is 32.1 Å². The van der Waals surface area contributed by atoms with E-state index in [1.807, 2.05) is 0 Å². The molecular formula is C17H28F3N3O. The van der Waals surface area contributed by atoms with Gasteiger partial charge in [-0.2, -0.15) is 13.2 Å². The summed E-state index contributed by atoms with van der Waals surface area (Å²) in [5, 5.41) is 5.66. The minimum Gasteiger partial charge on any atom is -0.354 e. The molecule has 1 saturated heterocycles. The van der Waals surface area contributed by atoms with Gasteiger partial charge in [0.2, 0.25) is 5.91 Å². The van der Waals surface area contributed by atoms with E-state index in [4.69, 9.17) is 0 Å². The van der Waals surface area contributed by atoms with Crippen LogP contribution in [0.1, 0.15) is 38.5 Å². The molecule has 2 N–H and O–H groups in total. The van der Waals surface area contributed by atoms with Crippen molar-refractivity contribution in [2.45, 2.75) is 50.7 Å². The summed E-state index contributed by atoms with van der Waals surface area (Å²) in [5.41, 5.74) is 0. The Kier molecular flexibility index (Phi) is 5.70. The van der Waals surface area contributed by atoms with Crippen LogP contribution in [0, 0.1) is 17.8 Å². The van der Waals surface area contributed by atoms with Crippen LogP contribution in [-0.2, 0) is 4.79 Å². The van der Waals surface area contributed by atoms with Gasteiger partial charge in [0.1, 0.15) is 6.04 Å². The minimum absolute atomic E-state index is 0.0509. The first kappa shape index (κ1) is 18.0. The fourth-order valence-electron chi connectivity index (χ4n) is 4.37. The molecule has 0 aromatic heterocycles. The van der Waals surface area contributed by atoms with Crippen molar-refractivity contribution >= 4 is 5.91 Å². The molecule has 138 valence electrons. The number of piperazine rings is 1. The molecule has 3 rings (SSSR count). The summed E-state index contributed by atoms with van der Waals surface area (Å²) in [6.45, 7) is 1.54. The van der Waals surface area contributed by atoms with Crippen LogP contribution in [0.4, 0.5) is 13.2 Å². The number of hydrogen-bond acceptors (Lipinski definition) is 3. The van der Waals surface area contributed by atoms with Gasteiger partial charge in [-0.3, -0.25) is 9.69 Å². The lowest BCUT2D eigenvalue weighted by Gasteiger charge is -2.36. The van der Waals surface area contributed by atoms with Crippen molar-refractivity contribution in [1.29, 1.82) is 0 Å². The summed E-state index contributed by atoms with van der Waals surface area (Å²) in [6.07, 6.45) is 2.65. The van der Waals surface area contributed by atoms with Crippen LogP contribution in [-0.4, -0.2) is 55.7 Å². The average molecular weight is 347 g/mol. The van der Waals surface area contributed by atoms with Crippen LogP contribution in [0.2, 0.25) is 0 Å². The number of hydrogen-bond donors (Lipinski definition) is 2. The van der Waals surface area contributed by atoms with Gasteiger partial charge >= 0.3 is 6.18 Å². The topological polar surface area (TPSA) is 44.4 Å². The second-order valence-corrected chi connectivity index (χ2v) is 7.49. The fraction of sp³-hybridized carbons (Fsp3) is 0.941. The molecular weight excluding hydrogens is 319 g/mol. The van der Waals surface area contributed by atoms with Crippen molar-refractivity contribution in [2.24, 2.45) is 17.8 Å².